The summed E-state index contributed by atoms with van der Waals surface area (Å²) in [6, 6.07) is 19.8. The number of nitrogens with zero attached hydrogens (tertiary/aromatic N) is 1. The van der Waals surface area contributed by atoms with Crippen LogP contribution < -0.4 is 0 Å². The lowest BCUT2D eigenvalue weighted by atomic mass is 9.85. The predicted octanol–water partition coefficient (Wildman–Crippen LogP) is 3.35. The zero-order chi connectivity index (χ0) is 13.6. The van der Waals surface area contributed by atoms with Crippen LogP contribution in [0.25, 0.3) is 11.1 Å². The number of rotatable bonds is 1. The molecule has 0 saturated heterocycles. The Labute approximate surface area is 117 Å². The van der Waals surface area contributed by atoms with Crippen LogP contribution in [-0.2, 0) is 5.60 Å². The van der Waals surface area contributed by atoms with E-state index in [0.29, 0.717) is 0 Å². The fourth-order valence-corrected chi connectivity index (χ4v) is 3.10. The summed E-state index contributed by atoms with van der Waals surface area (Å²) in [5, 5.41) is 11.4. The quantitative estimate of drug-likeness (QED) is 0.727. The largest absolute Gasteiger partial charge is 0.376 e. The van der Waals surface area contributed by atoms with Gasteiger partial charge in [-0.15, -0.1) is 0 Å². The number of hydrogen-bond acceptors (Lipinski definition) is 2. The Morgan fingerprint density at radius 3 is 1.90 bits per heavy atom. The second-order valence-corrected chi connectivity index (χ2v) is 5.04. The highest BCUT2D eigenvalue weighted by atomic mass is 16.3. The Balaban J connectivity index is 2.10. The van der Waals surface area contributed by atoms with Gasteiger partial charge >= 0.3 is 0 Å². The molecule has 0 fully saturated rings. The van der Waals surface area contributed by atoms with Gasteiger partial charge in [0.15, 0.2) is 0 Å². The first kappa shape index (κ1) is 11.4. The highest BCUT2D eigenvalue weighted by Gasteiger charge is 2.42. The number of fused-ring (bicyclic) bond motifs is 3. The van der Waals surface area contributed by atoms with E-state index in [1.54, 1.807) is 12.4 Å². The third-order valence-corrected chi connectivity index (χ3v) is 4.00. The molecule has 0 atom stereocenters. The molecule has 0 aliphatic heterocycles. The summed E-state index contributed by atoms with van der Waals surface area (Å²) >= 11 is 0. The van der Waals surface area contributed by atoms with Crippen LogP contribution in [0.4, 0.5) is 0 Å². The number of pyridine rings is 1. The number of benzene rings is 2. The second-order valence-electron chi connectivity index (χ2n) is 5.04. The molecule has 3 aromatic rings. The van der Waals surface area contributed by atoms with Crippen molar-refractivity contribution in [3.05, 3.63) is 89.7 Å². The van der Waals surface area contributed by atoms with E-state index in [0.717, 1.165) is 27.8 Å². The van der Waals surface area contributed by atoms with Crippen LogP contribution in [0.1, 0.15) is 16.7 Å². The SMILES string of the molecule is OC1(c2cccnc2)c2ccccc2-c2ccccc21. The van der Waals surface area contributed by atoms with Gasteiger partial charge in [-0.25, -0.2) is 0 Å². The Bertz CT molecular complexity index is 735. The predicted molar refractivity (Wildman–Crippen MR) is 78.2 cm³/mol. The Morgan fingerprint density at radius 2 is 1.35 bits per heavy atom. The molecule has 96 valence electrons. The molecule has 20 heavy (non-hydrogen) atoms. The molecule has 0 saturated carbocycles. The van der Waals surface area contributed by atoms with Crippen molar-refractivity contribution in [2.24, 2.45) is 0 Å². The number of aromatic nitrogens is 1. The molecule has 1 aliphatic rings. The Morgan fingerprint density at radius 1 is 0.750 bits per heavy atom. The van der Waals surface area contributed by atoms with Crippen molar-refractivity contribution in [3.63, 3.8) is 0 Å². The van der Waals surface area contributed by atoms with Crippen LogP contribution >= 0.6 is 0 Å². The normalized spacial score (nSPS) is 14.7. The monoisotopic (exact) mass is 259 g/mol. The third kappa shape index (κ3) is 1.34. The highest BCUT2D eigenvalue weighted by molar-refractivity contribution is 5.81. The molecule has 1 aromatic heterocycles. The van der Waals surface area contributed by atoms with Crippen molar-refractivity contribution < 1.29 is 5.11 Å². The summed E-state index contributed by atoms with van der Waals surface area (Å²) in [6.45, 7) is 0. The van der Waals surface area contributed by atoms with E-state index in [1.807, 2.05) is 48.5 Å². The van der Waals surface area contributed by atoms with Crippen molar-refractivity contribution >= 4 is 0 Å². The molecular weight excluding hydrogens is 246 g/mol. The molecule has 4 rings (SSSR count). The molecular formula is C18H13NO. The van der Waals surface area contributed by atoms with Gasteiger partial charge in [-0.05, 0) is 17.2 Å². The fourth-order valence-electron chi connectivity index (χ4n) is 3.10. The summed E-state index contributed by atoms with van der Waals surface area (Å²) in [6.07, 6.45) is 3.46. The van der Waals surface area contributed by atoms with Gasteiger partial charge in [0.05, 0.1) is 0 Å². The summed E-state index contributed by atoms with van der Waals surface area (Å²) in [5.41, 5.74) is 3.73. The van der Waals surface area contributed by atoms with Gasteiger partial charge in [0.1, 0.15) is 5.60 Å². The fraction of sp³-hybridized carbons (Fsp3) is 0.0556. The molecule has 2 heteroatoms. The molecule has 2 aromatic carbocycles. The van der Waals surface area contributed by atoms with Crippen molar-refractivity contribution in [3.8, 4) is 11.1 Å². The average molecular weight is 259 g/mol. The van der Waals surface area contributed by atoms with Gasteiger partial charge in [0.25, 0.3) is 0 Å². The number of hydrogen-bond donors (Lipinski definition) is 1. The maximum absolute atomic E-state index is 11.4. The van der Waals surface area contributed by atoms with Gasteiger partial charge in [0.2, 0.25) is 0 Å². The van der Waals surface area contributed by atoms with Gasteiger partial charge in [-0.2, -0.15) is 0 Å². The summed E-state index contributed by atoms with van der Waals surface area (Å²) in [7, 11) is 0. The molecule has 1 heterocycles. The zero-order valence-electron chi connectivity index (χ0n) is 10.8. The van der Waals surface area contributed by atoms with E-state index in [-0.39, 0.29) is 0 Å². The van der Waals surface area contributed by atoms with Gasteiger partial charge < -0.3 is 5.11 Å². The van der Waals surface area contributed by atoms with Crippen LogP contribution in [0, 0.1) is 0 Å². The Hall–Kier alpha value is -2.45. The molecule has 1 aliphatic carbocycles. The minimum Gasteiger partial charge on any atom is -0.376 e. The maximum atomic E-state index is 11.4. The van der Waals surface area contributed by atoms with Crippen molar-refractivity contribution in [2.45, 2.75) is 5.60 Å². The first-order valence-electron chi connectivity index (χ1n) is 6.64. The van der Waals surface area contributed by atoms with Crippen LogP contribution in [0.2, 0.25) is 0 Å². The highest BCUT2D eigenvalue weighted by Crippen LogP contribution is 2.50. The van der Waals surface area contributed by atoms with Crippen LogP contribution in [0.3, 0.4) is 0 Å². The molecule has 0 bridgehead atoms. The van der Waals surface area contributed by atoms with E-state index in [2.05, 4.69) is 17.1 Å². The van der Waals surface area contributed by atoms with E-state index in [9.17, 15) is 5.11 Å². The van der Waals surface area contributed by atoms with Crippen molar-refractivity contribution in [2.75, 3.05) is 0 Å². The Kier molecular flexibility index (Phi) is 2.29. The van der Waals surface area contributed by atoms with Crippen molar-refractivity contribution in [1.29, 1.82) is 0 Å². The summed E-state index contributed by atoms with van der Waals surface area (Å²) < 4.78 is 0. The van der Waals surface area contributed by atoms with Gasteiger partial charge in [-0.1, -0.05) is 54.6 Å². The molecule has 0 unspecified atom stereocenters. The lowest BCUT2D eigenvalue weighted by Crippen LogP contribution is -2.26. The standard InChI is InChI=1S/C18H13NO/c20-18(13-6-5-11-19-12-13)16-9-3-1-7-14(16)15-8-2-4-10-17(15)18/h1-12,20H. The smallest absolute Gasteiger partial charge is 0.143 e. The minimum absolute atomic E-state index is 0.803. The average Bonchev–Trinajstić information content (AvgIpc) is 2.80. The van der Waals surface area contributed by atoms with E-state index in [1.165, 1.54) is 0 Å². The first-order chi connectivity index (χ1) is 9.82. The van der Waals surface area contributed by atoms with Gasteiger partial charge in [0, 0.05) is 29.1 Å². The minimum atomic E-state index is -1.11. The van der Waals surface area contributed by atoms with E-state index in [4.69, 9.17) is 0 Å². The molecule has 2 nitrogen and oxygen atoms in total. The molecule has 0 spiro atoms. The summed E-state index contributed by atoms with van der Waals surface area (Å²) in [4.78, 5) is 4.16. The first-order valence-corrected chi connectivity index (χ1v) is 6.64. The third-order valence-electron chi connectivity index (χ3n) is 4.00. The lowest BCUT2D eigenvalue weighted by molar-refractivity contribution is 0.130. The molecule has 1 N–H and O–H groups in total. The van der Waals surface area contributed by atoms with E-state index < -0.39 is 5.60 Å². The number of aliphatic hydroxyl groups is 1. The van der Waals surface area contributed by atoms with Crippen molar-refractivity contribution in [1.82, 2.24) is 4.98 Å². The second kappa shape index (κ2) is 4.02. The summed E-state index contributed by atoms with van der Waals surface area (Å²) in [5.74, 6) is 0. The van der Waals surface area contributed by atoms with Crippen LogP contribution in [0.5, 0.6) is 0 Å². The molecule has 0 radical (unpaired) electrons. The zero-order valence-corrected chi connectivity index (χ0v) is 10.8. The van der Waals surface area contributed by atoms with E-state index >= 15 is 0 Å². The van der Waals surface area contributed by atoms with Crippen LogP contribution in [0.15, 0.2) is 73.1 Å². The lowest BCUT2D eigenvalue weighted by Gasteiger charge is -2.25. The topological polar surface area (TPSA) is 33.1 Å². The van der Waals surface area contributed by atoms with Crippen LogP contribution in [-0.4, -0.2) is 10.1 Å². The van der Waals surface area contributed by atoms with Gasteiger partial charge in [-0.3, -0.25) is 4.98 Å². The molecule has 0 amide bonds. The maximum Gasteiger partial charge on any atom is 0.143 e.